The van der Waals surface area contributed by atoms with Crippen LogP contribution in [0.1, 0.15) is 0 Å². The molecule has 0 aliphatic heterocycles. The molecule has 0 N–H and O–H groups in total. The highest BCUT2D eigenvalue weighted by Crippen LogP contribution is 2.42. The average Bonchev–Trinajstić information content (AvgIpc) is 3.64. The maximum absolute atomic E-state index is 2.43. The van der Waals surface area contributed by atoms with Gasteiger partial charge in [0.05, 0.1) is 11.0 Å². The second-order valence-electron chi connectivity index (χ2n) is 15.0. The molecule has 0 unspecified atom stereocenters. The lowest BCUT2D eigenvalue weighted by atomic mass is 9.91. The number of benzene rings is 10. The molecule has 1 aromatic heterocycles. The average molecular weight is 724 g/mol. The Hall–Kier alpha value is -7.48. The van der Waals surface area contributed by atoms with Crippen LogP contribution in [0, 0.1) is 0 Å². The fraction of sp³-hybridized carbons (Fsp3) is 0. The minimum absolute atomic E-state index is 1.17. The van der Waals surface area contributed by atoms with Crippen molar-refractivity contribution >= 4 is 32.6 Å². The molecule has 266 valence electrons. The van der Waals surface area contributed by atoms with Crippen LogP contribution in [0.25, 0.3) is 105 Å². The van der Waals surface area contributed by atoms with Crippen molar-refractivity contribution in [1.29, 1.82) is 0 Å². The molecule has 0 atom stereocenters. The number of rotatable bonds is 7. The highest BCUT2D eigenvalue weighted by molar-refractivity contribution is 6.25. The lowest BCUT2D eigenvalue weighted by molar-refractivity contribution is 1.18. The predicted molar refractivity (Wildman–Crippen MR) is 242 cm³/mol. The maximum atomic E-state index is 2.43. The van der Waals surface area contributed by atoms with E-state index in [1.54, 1.807) is 0 Å². The maximum Gasteiger partial charge on any atom is 0.0553 e. The molecule has 1 heteroatoms. The SMILES string of the molecule is c1ccc(-c2ccc(-c3cc(-c4ccc(-c5ccccc5)cc4)cc(-c4cccc(-c5cc6ccc7cccc8c7c6c(c5)n8-c5ccccc5)c4)c3)cc2)cc1. The first-order chi connectivity index (χ1) is 28.2. The molecule has 0 aliphatic rings. The van der Waals surface area contributed by atoms with Crippen LogP contribution >= 0.6 is 0 Å². The molecule has 0 fully saturated rings. The third kappa shape index (κ3) is 5.89. The zero-order chi connectivity index (χ0) is 37.7. The molecule has 0 saturated heterocycles. The van der Waals surface area contributed by atoms with Crippen LogP contribution < -0.4 is 0 Å². The second kappa shape index (κ2) is 13.7. The Bertz CT molecular complexity index is 3070. The molecule has 57 heavy (non-hydrogen) atoms. The van der Waals surface area contributed by atoms with E-state index >= 15 is 0 Å². The van der Waals surface area contributed by atoms with Crippen LogP contribution in [0.15, 0.2) is 224 Å². The molecular formula is C56H37N. The monoisotopic (exact) mass is 723 g/mol. The van der Waals surface area contributed by atoms with E-state index in [2.05, 4.69) is 229 Å². The van der Waals surface area contributed by atoms with Crippen LogP contribution in [-0.4, -0.2) is 4.57 Å². The lowest BCUT2D eigenvalue weighted by Crippen LogP contribution is -1.93. The molecule has 0 saturated carbocycles. The largest absolute Gasteiger partial charge is 0.309 e. The molecule has 0 amide bonds. The van der Waals surface area contributed by atoms with Gasteiger partial charge < -0.3 is 4.57 Å². The zero-order valence-corrected chi connectivity index (χ0v) is 31.3. The fourth-order valence-corrected chi connectivity index (χ4v) is 8.69. The molecule has 10 aromatic carbocycles. The Morgan fingerprint density at radius 3 is 1.16 bits per heavy atom. The van der Waals surface area contributed by atoms with Gasteiger partial charge in [-0.05, 0) is 132 Å². The first-order valence-corrected chi connectivity index (χ1v) is 19.7. The lowest BCUT2D eigenvalue weighted by Gasteiger charge is -2.14. The van der Waals surface area contributed by atoms with Crippen molar-refractivity contribution in [2.24, 2.45) is 0 Å². The molecule has 0 spiro atoms. The zero-order valence-electron chi connectivity index (χ0n) is 31.3. The number of aromatic nitrogens is 1. The Balaban J connectivity index is 1.05. The van der Waals surface area contributed by atoms with Gasteiger partial charge in [-0.25, -0.2) is 0 Å². The minimum atomic E-state index is 1.17. The highest BCUT2D eigenvalue weighted by atomic mass is 15.0. The Morgan fingerprint density at radius 1 is 0.211 bits per heavy atom. The summed E-state index contributed by atoms with van der Waals surface area (Å²) in [6.45, 7) is 0. The van der Waals surface area contributed by atoms with Crippen LogP contribution in [0.4, 0.5) is 0 Å². The van der Waals surface area contributed by atoms with Gasteiger partial charge in [-0.3, -0.25) is 0 Å². The van der Waals surface area contributed by atoms with Crippen molar-refractivity contribution in [1.82, 2.24) is 4.57 Å². The number of hydrogen-bond donors (Lipinski definition) is 0. The van der Waals surface area contributed by atoms with E-state index in [-0.39, 0.29) is 0 Å². The first-order valence-electron chi connectivity index (χ1n) is 19.7. The van der Waals surface area contributed by atoms with Gasteiger partial charge in [0.15, 0.2) is 0 Å². The van der Waals surface area contributed by atoms with E-state index in [9.17, 15) is 0 Å². The molecule has 11 rings (SSSR count). The van der Waals surface area contributed by atoms with Gasteiger partial charge in [0.1, 0.15) is 0 Å². The summed E-state index contributed by atoms with van der Waals surface area (Å²) in [6.07, 6.45) is 0. The molecule has 0 aliphatic carbocycles. The molecule has 0 radical (unpaired) electrons. The third-order valence-electron chi connectivity index (χ3n) is 11.5. The second-order valence-corrected chi connectivity index (χ2v) is 15.0. The van der Waals surface area contributed by atoms with E-state index in [1.165, 1.54) is 105 Å². The summed E-state index contributed by atoms with van der Waals surface area (Å²) in [4.78, 5) is 0. The highest BCUT2D eigenvalue weighted by Gasteiger charge is 2.18. The van der Waals surface area contributed by atoms with Gasteiger partial charge in [-0.1, -0.05) is 170 Å². The van der Waals surface area contributed by atoms with Crippen molar-refractivity contribution < 1.29 is 0 Å². The van der Waals surface area contributed by atoms with Gasteiger partial charge >= 0.3 is 0 Å². The summed E-state index contributed by atoms with van der Waals surface area (Å²) in [6, 6.07) is 82.0. The molecule has 1 nitrogen and oxygen atoms in total. The van der Waals surface area contributed by atoms with Crippen LogP contribution in [0.3, 0.4) is 0 Å². The summed E-state index contributed by atoms with van der Waals surface area (Å²) in [5.41, 5.74) is 18.1. The summed E-state index contributed by atoms with van der Waals surface area (Å²) in [5.74, 6) is 0. The van der Waals surface area contributed by atoms with Crippen molar-refractivity contribution in [2.45, 2.75) is 0 Å². The normalized spacial score (nSPS) is 11.5. The summed E-state index contributed by atoms with van der Waals surface area (Å²) >= 11 is 0. The van der Waals surface area contributed by atoms with Crippen molar-refractivity contribution in [3.63, 3.8) is 0 Å². The standard InChI is InChI=1S/C56H37N/c1-4-12-38(13-5-1)40-22-26-42(27-23-40)48-34-49(43-28-24-41(25-29-43)39-14-6-2-7-15-39)36-50(35-48)45-17-10-18-46(32-45)51-33-47-31-30-44-16-11-21-53-55(44)56(47)54(37-51)57(53)52-19-8-3-9-20-52/h1-37H. The first kappa shape index (κ1) is 32.9. The van der Waals surface area contributed by atoms with E-state index < -0.39 is 0 Å². The minimum Gasteiger partial charge on any atom is -0.309 e. The summed E-state index contributed by atoms with van der Waals surface area (Å²) < 4.78 is 2.43. The van der Waals surface area contributed by atoms with Gasteiger partial charge in [0, 0.05) is 16.5 Å². The Morgan fingerprint density at radius 2 is 0.596 bits per heavy atom. The Kier molecular flexibility index (Phi) is 7.89. The molecule has 11 aromatic rings. The van der Waals surface area contributed by atoms with Gasteiger partial charge in [-0.15, -0.1) is 0 Å². The van der Waals surface area contributed by atoms with E-state index in [0.29, 0.717) is 0 Å². The molecular weight excluding hydrogens is 687 g/mol. The topological polar surface area (TPSA) is 4.93 Å². The smallest absolute Gasteiger partial charge is 0.0553 e. The molecule has 1 heterocycles. The fourth-order valence-electron chi connectivity index (χ4n) is 8.69. The van der Waals surface area contributed by atoms with Crippen LogP contribution in [-0.2, 0) is 0 Å². The summed E-state index contributed by atoms with van der Waals surface area (Å²) in [5, 5.41) is 5.18. The van der Waals surface area contributed by atoms with Gasteiger partial charge in [0.25, 0.3) is 0 Å². The summed E-state index contributed by atoms with van der Waals surface area (Å²) in [7, 11) is 0. The van der Waals surface area contributed by atoms with Crippen molar-refractivity contribution in [3.05, 3.63) is 224 Å². The van der Waals surface area contributed by atoms with Gasteiger partial charge in [0.2, 0.25) is 0 Å². The van der Waals surface area contributed by atoms with E-state index in [0.717, 1.165) is 0 Å². The molecule has 0 bridgehead atoms. The number of para-hydroxylation sites is 1. The van der Waals surface area contributed by atoms with Gasteiger partial charge in [-0.2, -0.15) is 0 Å². The Labute approximate surface area is 332 Å². The third-order valence-corrected chi connectivity index (χ3v) is 11.5. The van der Waals surface area contributed by atoms with Crippen LogP contribution in [0.2, 0.25) is 0 Å². The van der Waals surface area contributed by atoms with E-state index in [1.807, 2.05) is 0 Å². The number of nitrogens with zero attached hydrogens (tertiary/aromatic N) is 1. The quantitative estimate of drug-likeness (QED) is 0.144. The van der Waals surface area contributed by atoms with Crippen LogP contribution in [0.5, 0.6) is 0 Å². The number of hydrogen-bond acceptors (Lipinski definition) is 0. The van der Waals surface area contributed by atoms with E-state index in [4.69, 9.17) is 0 Å². The predicted octanol–water partition coefficient (Wildman–Crippen LogP) is 15.4. The van der Waals surface area contributed by atoms with Crippen molar-refractivity contribution in [3.8, 4) is 72.4 Å². The van der Waals surface area contributed by atoms with Crippen molar-refractivity contribution in [2.75, 3.05) is 0 Å².